The highest BCUT2D eigenvalue weighted by molar-refractivity contribution is 5.89. The molecule has 0 aliphatic heterocycles. The molecule has 2 atom stereocenters. The predicted octanol–water partition coefficient (Wildman–Crippen LogP) is 1.23. The molecule has 4 heteroatoms. The molecular formula is C12H22O4. The fraction of sp³-hybridized carbons (Fsp3) is 0.833. The van der Waals surface area contributed by atoms with Crippen LogP contribution in [-0.2, 0) is 9.59 Å². The third kappa shape index (κ3) is 8.56. The van der Waals surface area contributed by atoms with Crippen molar-refractivity contribution in [3.8, 4) is 0 Å². The molecule has 0 amide bonds. The minimum atomic E-state index is -0.672. The van der Waals surface area contributed by atoms with Crippen LogP contribution < -0.4 is 0 Å². The van der Waals surface area contributed by atoms with Crippen molar-refractivity contribution in [3.05, 3.63) is 0 Å². The number of hydrogen-bond acceptors (Lipinski definition) is 4. The van der Waals surface area contributed by atoms with E-state index in [0.717, 1.165) is 25.7 Å². The Morgan fingerprint density at radius 1 is 1.19 bits per heavy atom. The third-order valence-corrected chi connectivity index (χ3v) is 2.57. The van der Waals surface area contributed by atoms with Gasteiger partial charge in [-0.3, -0.25) is 4.79 Å². The van der Waals surface area contributed by atoms with Gasteiger partial charge in [-0.25, -0.2) is 0 Å². The van der Waals surface area contributed by atoms with Gasteiger partial charge in [-0.15, -0.1) is 0 Å². The highest BCUT2D eigenvalue weighted by Gasteiger charge is 2.09. The van der Waals surface area contributed by atoms with Crippen molar-refractivity contribution in [1.29, 1.82) is 0 Å². The summed E-state index contributed by atoms with van der Waals surface area (Å²) in [7, 11) is 0. The first-order valence-corrected chi connectivity index (χ1v) is 5.89. The van der Waals surface area contributed by atoms with Crippen LogP contribution >= 0.6 is 0 Å². The Hall–Kier alpha value is -0.740. The molecule has 0 rings (SSSR count). The molecule has 0 fully saturated rings. The van der Waals surface area contributed by atoms with Crippen LogP contribution in [0.1, 0.15) is 51.9 Å². The molecule has 0 aliphatic carbocycles. The standard InChI is InChI=1S/C12H22O4/c1-10(14)12(16)7-5-3-2-4-6-11(15)8-9-13/h9-10,12,14,16H,2-8H2,1H3. The second-order valence-corrected chi connectivity index (χ2v) is 4.17. The van der Waals surface area contributed by atoms with E-state index in [-0.39, 0.29) is 12.2 Å². The zero-order valence-corrected chi connectivity index (χ0v) is 9.89. The number of aldehydes is 1. The van der Waals surface area contributed by atoms with Crippen molar-refractivity contribution in [2.75, 3.05) is 0 Å². The zero-order valence-electron chi connectivity index (χ0n) is 9.89. The van der Waals surface area contributed by atoms with Crippen molar-refractivity contribution in [2.24, 2.45) is 0 Å². The summed E-state index contributed by atoms with van der Waals surface area (Å²) in [5, 5.41) is 18.3. The van der Waals surface area contributed by atoms with Crippen molar-refractivity contribution in [2.45, 2.75) is 64.1 Å². The molecule has 0 heterocycles. The summed E-state index contributed by atoms with van der Waals surface area (Å²) >= 11 is 0. The van der Waals surface area contributed by atoms with Crippen LogP contribution in [0.3, 0.4) is 0 Å². The first-order valence-electron chi connectivity index (χ1n) is 5.89. The van der Waals surface area contributed by atoms with E-state index < -0.39 is 12.2 Å². The molecule has 0 aliphatic rings. The van der Waals surface area contributed by atoms with E-state index in [4.69, 9.17) is 5.11 Å². The zero-order chi connectivity index (χ0) is 12.4. The number of ketones is 1. The molecule has 0 aromatic rings. The molecule has 2 unspecified atom stereocenters. The molecule has 16 heavy (non-hydrogen) atoms. The smallest absolute Gasteiger partial charge is 0.139 e. The van der Waals surface area contributed by atoms with Crippen molar-refractivity contribution in [1.82, 2.24) is 0 Å². The Balaban J connectivity index is 3.27. The summed E-state index contributed by atoms with van der Waals surface area (Å²) in [4.78, 5) is 21.0. The van der Waals surface area contributed by atoms with Crippen molar-refractivity contribution < 1.29 is 19.8 Å². The van der Waals surface area contributed by atoms with Gasteiger partial charge in [0.15, 0.2) is 0 Å². The maximum absolute atomic E-state index is 11.0. The quantitative estimate of drug-likeness (QED) is 0.336. The van der Waals surface area contributed by atoms with Gasteiger partial charge in [0.1, 0.15) is 12.1 Å². The summed E-state index contributed by atoms with van der Waals surface area (Å²) in [6.45, 7) is 1.57. The molecular weight excluding hydrogens is 208 g/mol. The molecule has 0 aromatic carbocycles. The van der Waals surface area contributed by atoms with Crippen molar-refractivity contribution >= 4 is 12.1 Å². The minimum Gasteiger partial charge on any atom is -0.391 e. The SMILES string of the molecule is CC(O)C(O)CCCCCCC(=O)CC=O. The summed E-state index contributed by atoms with van der Waals surface area (Å²) in [6, 6.07) is 0. The lowest BCUT2D eigenvalue weighted by atomic mass is 10.0. The van der Waals surface area contributed by atoms with Crippen LogP contribution in [0.2, 0.25) is 0 Å². The Morgan fingerprint density at radius 2 is 1.81 bits per heavy atom. The fourth-order valence-corrected chi connectivity index (χ4v) is 1.47. The molecule has 0 aromatic heterocycles. The molecule has 94 valence electrons. The lowest BCUT2D eigenvalue weighted by Crippen LogP contribution is -2.21. The van der Waals surface area contributed by atoms with E-state index >= 15 is 0 Å². The van der Waals surface area contributed by atoms with E-state index in [9.17, 15) is 14.7 Å². The molecule has 0 saturated heterocycles. The van der Waals surface area contributed by atoms with Crippen LogP contribution in [0.25, 0.3) is 0 Å². The average molecular weight is 230 g/mol. The number of unbranched alkanes of at least 4 members (excludes halogenated alkanes) is 3. The molecule has 0 bridgehead atoms. The van der Waals surface area contributed by atoms with Gasteiger partial charge in [-0.1, -0.05) is 19.3 Å². The summed E-state index contributed by atoms with van der Waals surface area (Å²) in [6.07, 6.45) is 3.95. The van der Waals surface area contributed by atoms with Gasteiger partial charge in [0.2, 0.25) is 0 Å². The highest BCUT2D eigenvalue weighted by Crippen LogP contribution is 2.09. The van der Waals surface area contributed by atoms with Crippen LogP contribution in [0.15, 0.2) is 0 Å². The normalized spacial score (nSPS) is 14.4. The lowest BCUT2D eigenvalue weighted by Gasteiger charge is -2.12. The maximum atomic E-state index is 11.0. The molecule has 0 radical (unpaired) electrons. The van der Waals surface area contributed by atoms with Gasteiger partial charge in [0.25, 0.3) is 0 Å². The van der Waals surface area contributed by atoms with E-state index in [2.05, 4.69) is 0 Å². The Morgan fingerprint density at radius 3 is 2.38 bits per heavy atom. The van der Waals surface area contributed by atoms with Gasteiger partial charge < -0.3 is 15.0 Å². The maximum Gasteiger partial charge on any atom is 0.139 e. The number of aliphatic hydroxyl groups excluding tert-OH is 2. The van der Waals surface area contributed by atoms with E-state index in [1.54, 1.807) is 6.92 Å². The summed E-state index contributed by atoms with van der Waals surface area (Å²) in [5.41, 5.74) is 0. The second kappa shape index (κ2) is 9.48. The second-order valence-electron chi connectivity index (χ2n) is 4.17. The van der Waals surface area contributed by atoms with E-state index in [0.29, 0.717) is 19.1 Å². The third-order valence-electron chi connectivity index (χ3n) is 2.57. The number of hydrogen-bond donors (Lipinski definition) is 2. The topological polar surface area (TPSA) is 74.6 Å². The highest BCUT2D eigenvalue weighted by atomic mass is 16.3. The number of carbonyl (C=O) groups excluding carboxylic acids is 2. The van der Waals surface area contributed by atoms with Gasteiger partial charge in [-0.05, 0) is 19.8 Å². The Bertz CT molecular complexity index is 201. The van der Waals surface area contributed by atoms with Crippen molar-refractivity contribution in [3.63, 3.8) is 0 Å². The molecule has 0 spiro atoms. The average Bonchev–Trinajstić information content (AvgIpc) is 2.23. The fourth-order valence-electron chi connectivity index (χ4n) is 1.47. The van der Waals surface area contributed by atoms with Crippen LogP contribution in [0, 0.1) is 0 Å². The predicted molar refractivity (Wildman–Crippen MR) is 61.1 cm³/mol. The number of aliphatic hydroxyl groups is 2. The lowest BCUT2D eigenvalue weighted by molar-refractivity contribution is -0.122. The minimum absolute atomic E-state index is 0.000912. The summed E-state index contributed by atoms with van der Waals surface area (Å²) < 4.78 is 0. The Labute approximate surface area is 96.7 Å². The number of carbonyl (C=O) groups is 2. The van der Waals surface area contributed by atoms with Crippen LogP contribution in [-0.4, -0.2) is 34.5 Å². The van der Waals surface area contributed by atoms with Gasteiger partial charge in [0.05, 0.1) is 18.6 Å². The molecule has 0 saturated carbocycles. The molecule has 4 nitrogen and oxygen atoms in total. The van der Waals surface area contributed by atoms with E-state index in [1.165, 1.54) is 0 Å². The number of Topliss-reactive ketones (excluding diaryl/α,β-unsaturated/α-hetero) is 1. The largest absolute Gasteiger partial charge is 0.391 e. The first kappa shape index (κ1) is 15.3. The van der Waals surface area contributed by atoms with Gasteiger partial charge in [0, 0.05) is 6.42 Å². The molecule has 2 N–H and O–H groups in total. The van der Waals surface area contributed by atoms with E-state index in [1.807, 2.05) is 0 Å². The van der Waals surface area contributed by atoms with Gasteiger partial charge in [-0.2, -0.15) is 0 Å². The monoisotopic (exact) mass is 230 g/mol. The van der Waals surface area contributed by atoms with Crippen LogP contribution in [0.5, 0.6) is 0 Å². The Kier molecular flexibility index (Phi) is 9.04. The van der Waals surface area contributed by atoms with Gasteiger partial charge >= 0.3 is 0 Å². The number of rotatable bonds is 10. The van der Waals surface area contributed by atoms with Crippen LogP contribution in [0.4, 0.5) is 0 Å². The summed E-state index contributed by atoms with van der Waals surface area (Å²) in [5.74, 6) is -0.000912. The first-order chi connectivity index (χ1) is 7.57.